The number of carbonyl (C=O) groups excluding carboxylic acids is 1. The fourth-order valence-corrected chi connectivity index (χ4v) is 1.50. The monoisotopic (exact) mass is 214 g/mol. The van der Waals surface area contributed by atoms with Gasteiger partial charge in [0, 0.05) is 32.1 Å². The lowest BCUT2D eigenvalue weighted by Crippen LogP contribution is -2.37. The fourth-order valence-electron chi connectivity index (χ4n) is 1.50. The van der Waals surface area contributed by atoms with Crippen molar-refractivity contribution >= 4 is 5.91 Å². The minimum absolute atomic E-state index is 0.240. The molecule has 0 aromatic heterocycles. The molecule has 1 atom stereocenters. The topological polar surface area (TPSA) is 32.3 Å². The van der Waals surface area contributed by atoms with Crippen LogP contribution in [-0.2, 0) is 4.79 Å². The van der Waals surface area contributed by atoms with E-state index in [2.05, 4.69) is 33.0 Å². The third kappa shape index (κ3) is 6.50. The van der Waals surface area contributed by atoms with Crippen LogP contribution >= 0.6 is 0 Å². The largest absolute Gasteiger partial charge is 0.343 e. The molecule has 0 saturated carbocycles. The van der Waals surface area contributed by atoms with Crippen molar-refractivity contribution < 1.29 is 4.79 Å². The van der Waals surface area contributed by atoms with Gasteiger partial charge in [0.1, 0.15) is 0 Å². The Morgan fingerprint density at radius 1 is 1.33 bits per heavy atom. The maximum atomic E-state index is 11.7. The van der Waals surface area contributed by atoms with Crippen molar-refractivity contribution in [1.29, 1.82) is 0 Å². The Hall–Kier alpha value is -0.570. The molecule has 1 unspecified atom stereocenters. The van der Waals surface area contributed by atoms with E-state index in [9.17, 15) is 4.79 Å². The number of carbonyl (C=O) groups is 1. The van der Waals surface area contributed by atoms with E-state index in [1.54, 1.807) is 0 Å². The molecular weight excluding hydrogens is 188 g/mol. The molecule has 90 valence electrons. The zero-order chi connectivity index (χ0) is 11.8. The molecule has 3 nitrogen and oxygen atoms in total. The lowest BCUT2D eigenvalue weighted by Gasteiger charge is -2.24. The van der Waals surface area contributed by atoms with Gasteiger partial charge in [-0.1, -0.05) is 27.2 Å². The summed E-state index contributed by atoms with van der Waals surface area (Å²) in [5, 5.41) is 3.25. The van der Waals surface area contributed by atoms with Gasteiger partial charge in [-0.05, 0) is 13.3 Å². The molecule has 0 saturated heterocycles. The summed E-state index contributed by atoms with van der Waals surface area (Å²) in [4.78, 5) is 13.6. The number of hydrogen-bond donors (Lipinski definition) is 1. The van der Waals surface area contributed by atoms with Crippen LogP contribution in [0.4, 0.5) is 0 Å². The first-order chi connectivity index (χ1) is 6.99. The maximum absolute atomic E-state index is 11.7. The second-order valence-electron chi connectivity index (χ2n) is 4.50. The molecule has 0 rings (SSSR count). The average molecular weight is 214 g/mol. The van der Waals surface area contributed by atoms with Crippen molar-refractivity contribution in [2.45, 2.75) is 59.0 Å². The Labute approximate surface area is 94.2 Å². The molecule has 15 heavy (non-hydrogen) atoms. The summed E-state index contributed by atoms with van der Waals surface area (Å²) in [5.74, 6) is 0.240. The number of amides is 1. The zero-order valence-electron chi connectivity index (χ0n) is 10.8. The van der Waals surface area contributed by atoms with Gasteiger partial charge in [0.15, 0.2) is 0 Å². The van der Waals surface area contributed by atoms with Crippen LogP contribution in [0.2, 0.25) is 0 Å². The molecule has 0 spiro atoms. The minimum Gasteiger partial charge on any atom is -0.343 e. The van der Waals surface area contributed by atoms with Gasteiger partial charge in [-0.15, -0.1) is 0 Å². The molecular formula is C12H26N2O. The van der Waals surface area contributed by atoms with Gasteiger partial charge in [-0.2, -0.15) is 0 Å². The Kier molecular flexibility index (Phi) is 7.39. The van der Waals surface area contributed by atoms with Gasteiger partial charge in [-0.3, -0.25) is 4.79 Å². The first kappa shape index (κ1) is 14.4. The lowest BCUT2D eigenvalue weighted by atomic mass is 10.1. The number of nitrogens with zero attached hydrogens (tertiary/aromatic N) is 1. The summed E-state index contributed by atoms with van der Waals surface area (Å²) in [5.41, 5.74) is 0. The van der Waals surface area contributed by atoms with Crippen LogP contribution in [0.3, 0.4) is 0 Å². The van der Waals surface area contributed by atoms with Crippen molar-refractivity contribution in [3.63, 3.8) is 0 Å². The van der Waals surface area contributed by atoms with Crippen molar-refractivity contribution in [3.05, 3.63) is 0 Å². The van der Waals surface area contributed by atoms with E-state index in [1.165, 1.54) is 0 Å². The van der Waals surface area contributed by atoms with E-state index < -0.39 is 0 Å². The fraction of sp³-hybridized carbons (Fsp3) is 0.917. The van der Waals surface area contributed by atoms with Crippen LogP contribution in [0.5, 0.6) is 0 Å². The van der Waals surface area contributed by atoms with E-state index in [1.807, 2.05) is 11.9 Å². The highest BCUT2D eigenvalue weighted by Crippen LogP contribution is 2.05. The van der Waals surface area contributed by atoms with Gasteiger partial charge in [0.05, 0.1) is 0 Å². The highest BCUT2D eigenvalue weighted by molar-refractivity contribution is 5.76. The molecule has 0 aromatic rings. The Balaban J connectivity index is 3.78. The molecule has 0 aromatic carbocycles. The number of hydrogen-bond acceptors (Lipinski definition) is 2. The van der Waals surface area contributed by atoms with Crippen LogP contribution in [0.15, 0.2) is 0 Å². The van der Waals surface area contributed by atoms with E-state index in [0.29, 0.717) is 18.5 Å². The van der Waals surface area contributed by atoms with Crippen molar-refractivity contribution in [2.75, 3.05) is 13.6 Å². The molecule has 0 radical (unpaired) electrons. The second-order valence-corrected chi connectivity index (χ2v) is 4.50. The van der Waals surface area contributed by atoms with Crippen LogP contribution in [0.1, 0.15) is 47.0 Å². The normalized spacial score (nSPS) is 12.9. The molecule has 0 fully saturated rings. The third-order valence-corrected chi connectivity index (χ3v) is 2.65. The van der Waals surface area contributed by atoms with E-state index in [0.717, 1.165) is 19.4 Å². The Morgan fingerprint density at radius 2 is 1.93 bits per heavy atom. The number of nitrogens with one attached hydrogen (secondary N) is 1. The predicted octanol–water partition coefficient (Wildman–Crippen LogP) is 2.02. The summed E-state index contributed by atoms with van der Waals surface area (Å²) in [6, 6.07) is 0.817. The highest BCUT2D eigenvalue weighted by atomic mass is 16.2. The van der Waals surface area contributed by atoms with E-state index >= 15 is 0 Å². The standard InChI is InChI=1S/C12H26N2O/c1-6-7-11(4)14(5)12(15)8-9-13-10(2)3/h10-11,13H,6-9H2,1-5H3. The van der Waals surface area contributed by atoms with Crippen molar-refractivity contribution in [1.82, 2.24) is 10.2 Å². The summed E-state index contributed by atoms with van der Waals surface area (Å²) < 4.78 is 0. The molecule has 1 amide bonds. The molecule has 0 heterocycles. The van der Waals surface area contributed by atoms with Gasteiger partial charge in [0.25, 0.3) is 0 Å². The van der Waals surface area contributed by atoms with Gasteiger partial charge < -0.3 is 10.2 Å². The van der Waals surface area contributed by atoms with Crippen molar-refractivity contribution in [3.8, 4) is 0 Å². The summed E-state index contributed by atoms with van der Waals surface area (Å²) in [6.45, 7) is 9.22. The SMILES string of the molecule is CCCC(C)N(C)C(=O)CCNC(C)C. The van der Waals surface area contributed by atoms with Crippen LogP contribution in [0, 0.1) is 0 Å². The second kappa shape index (κ2) is 7.69. The van der Waals surface area contributed by atoms with E-state index in [4.69, 9.17) is 0 Å². The van der Waals surface area contributed by atoms with Gasteiger partial charge >= 0.3 is 0 Å². The first-order valence-corrected chi connectivity index (χ1v) is 5.98. The maximum Gasteiger partial charge on any atom is 0.223 e. The van der Waals surface area contributed by atoms with Crippen LogP contribution < -0.4 is 5.32 Å². The van der Waals surface area contributed by atoms with Gasteiger partial charge in [0.2, 0.25) is 5.91 Å². The average Bonchev–Trinajstić information content (AvgIpc) is 2.16. The lowest BCUT2D eigenvalue weighted by molar-refractivity contribution is -0.131. The summed E-state index contributed by atoms with van der Waals surface area (Å²) in [7, 11) is 1.90. The minimum atomic E-state index is 0.240. The third-order valence-electron chi connectivity index (χ3n) is 2.65. The molecule has 0 aliphatic carbocycles. The van der Waals surface area contributed by atoms with Crippen LogP contribution in [0.25, 0.3) is 0 Å². The van der Waals surface area contributed by atoms with Crippen molar-refractivity contribution in [2.24, 2.45) is 0 Å². The zero-order valence-corrected chi connectivity index (χ0v) is 10.8. The van der Waals surface area contributed by atoms with E-state index in [-0.39, 0.29) is 5.91 Å². The highest BCUT2D eigenvalue weighted by Gasteiger charge is 2.14. The molecule has 0 bridgehead atoms. The van der Waals surface area contributed by atoms with Gasteiger partial charge in [-0.25, -0.2) is 0 Å². The molecule has 0 aliphatic heterocycles. The van der Waals surface area contributed by atoms with Crippen LogP contribution in [-0.4, -0.2) is 36.5 Å². The Morgan fingerprint density at radius 3 is 2.40 bits per heavy atom. The smallest absolute Gasteiger partial charge is 0.223 e. The summed E-state index contributed by atoms with van der Waals surface area (Å²) in [6.07, 6.45) is 2.81. The summed E-state index contributed by atoms with van der Waals surface area (Å²) >= 11 is 0. The number of rotatable bonds is 7. The Bertz CT molecular complexity index is 180. The molecule has 1 N–H and O–H groups in total. The predicted molar refractivity (Wildman–Crippen MR) is 64.9 cm³/mol. The quantitative estimate of drug-likeness (QED) is 0.703. The molecule has 3 heteroatoms. The first-order valence-electron chi connectivity index (χ1n) is 5.98. The molecule has 0 aliphatic rings.